The van der Waals surface area contributed by atoms with Crippen molar-refractivity contribution in [2.45, 2.75) is 6.54 Å². The smallest absolute Gasteiger partial charge is 0.293 e. The largest absolute Gasteiger partial charge is 0.374 e. The van der Waals surface area contributed by atoms with Crippen molar-refractivity contribution in [3.8, 4) is 0 Å². The molecular weight excluding hydrogens is 274 g/mol. The Morgan fingerprint density at radius 2 is 2.19 bits per heavy atom. The zero-order valence-electron chi connectivity index (χ0n) is 11.2. The summed E-state index contributed by atoms with van der Waals surface area (Å²) in [5.41, 5.74) is 1.04. The maximum absolute atomic E-state index is 11.5. The number of nitrogens with one attached hydrogen (secondary N) is 2. The summed E-state index contributed by atoms with van der Waals surface area (Å²) >= 11 is 0. The quantitative estimate of drug-likeness (QED) is 0.634. The molecule has 2 N–H and O–H groups in total. The Morgan fingerprint density at radius 1 is 1.38 bits per heavy atom. The zero-order valence-corrected chi connectivity index (χ0v) is 11.2. The average Bonchev–Trinajstić information content (AvgIpc) is 2.52. The van der Waals surface area contributed by atoms with Crippen LogP contribution in [0.15, 0.2) is 36.5 Å². The molecule has 1 amide bonds. The van der Waals surface area contributed by atoms with Crippen LogP contribution in [0.25, 0.3) is 0 Å². The molecule has 1 aromatic heterocycles. The lowest BCUT2D eigenvalue weighted by molar-refractivity contribution is -0.384. The number of nitrogens with zero attached hydrogens (tertiary/aromatic N) is 3. The van der Waals surface area contributed by atoms with Crippen molar-refractivity contribution in [2.24, 2.45) is 0 Å². The van der Waals surface area contributed by atoms with Crippen LogP contribution in [0, 0.1) is 10.1 Å². The van der Waals surface area contributed by atoms with E-state index in [1.807, 2.05) is 0 Å². The van der Waals surface area contributed by atoms with Crippen LogP contribution in [0.2, 0.25) is 0 Å². The molecule has 21 heavy (non-hydrogen) atoms. The number of amides is 1. The van der Waals surface area contributed by atoms with Gasteiger partial charge in [-0.1, -0.05) is 0 Å². The minimum Gasteiger partial charge on any atom is -0.374 e. The number of hydrogen-bond acceptors (Lipinski definition) is 6. The highest BCUT2D eigenvalue weighted by atomic mass is 16.6. The second-order valence-corrected chi connectivity index (χ2v) is 4.14. The predicted octanol–water partition coefficient (Wildman–Crippen LogP) is 1.36. The number of carbonyl (C=O) groups is 1. The highest BCUT2D eigenvalue weighted by Gasteiger charge is 2.17. The van der Waals surface area contributed by atoms with Crippen LogP contribution in [0.1, 0.15) is 16.1 Å². The molecule has 0 saturated heterocycles. The second-order valence-electron chi connectivity index (χ2n) is 4.14. The molecule has 0 aliphatic heterocycles. The molecule has 0 radical (unpaired) electrons. The standard InChI is InChI=1S/C13H13N5O3/c1-14-13(19)9-4-5-11(12(7-9)18(20)21)15-8-10-3-2-6-16-17-10/h2-7,15H,8H2,1H3,(H,14,19). The molecule has 0 aliphatic rings. The lowest BCUT2D eigenvalue weighted by Crippen LogP contribution is -2.18. The van der Waals surface area contributed by atoms with Crippen molar-refractivity contribution in [2.75, 3.05) is 12.4 Å². The summed E-state index contributed by atoms with van der Waals surface area (Å²) in [6.07, 6.45) is 1.55. The van der Waals surface area contributed by atoms with Gasteiger partial charge in [-0.3, -0.25) is 14.9 Å². The van der Waals surface area contributed by atoms with Gasteiger partial charge in [0.15, 0.2) is 0 Å². The Labute approximate surface area is 120 Å². The fraction of sp³-hybridized carbons (Fsp3) is 0.154. The molecule has 1 heterocycles. The highest BCUT2D eigenvalue weighted by Crippen LogP contribution is 2.26. The number of hydrogen-bond donors (Lipinski definition) is 2. The van der Waals surface area contributed by atoms with Crippen LogP contribution >= 0.6 is 0 Å². The molecule has 2 rings (SSSR count). The van der Waals surface area contributed by atoms with Gasteiger partial charge in [0.25, 0.3) is 11.6 Å². The fourth-order valence-electron chi connectivity index (χ4n) is 1.73. The van der Waals surface area contributed by atoms with E-state index in [0.717, 1.165) is 0 Å². The van der Waals surface area contributed by atoms with Gasteiger partial charge < -0.3 is 10.6 Å². The van der Waals surface area contributed by atoms with Crippen LogP contribution in [0.5, 0.6) is 0 Å². The van der Waals surface area contributed by atoms with Crippen LogP contribution in [0.3, 0.4) is 0 Å². The lowest BCUT2D eigenvalue weighted by Gasteiger charge is -2.07. The Hall–Kier alpha value is -3.03. The van der Waals surface area contributed by atoms with Gasteiger partial charge in [-0.25, -0.2) is 0 Å². The third-order valence-electron chi connectivity index (χ3n) is 2.77. The molecule has 0 fully saturated rings. The van der Waals surface area contributed by atoms with Gasteiger partial charge in [0.05, 0.1) is 17.2 Å². The summed E-state index contributed by atoms with van der Waals surface area (Å²) in [4.78, 5) is 22.1. The normalized spacial score (nSPS) is 9.95. The number of rotatable bonds is 5. The maximum Gasteiger partial charge on any atom is 0.293 e. The first-order chi connectivity index (χ1) is 10.1. The van der Waals surface area contributed by atoms with Gasteiger partial charge >= 0.3 is 0 Å². The number of carbonyl (C=O) groups excluding carboxylic acids is 1. The van der Waals surface area contributed by atoms with E-state index in [1.54, 1.807) is 18.3 Å². The first-order valence-electron chi connectivity index (χ1n) is 6.13. The lowest BCUT2D eigenvalue weighted by atomic mass is 10.1. The molecule has 1 aromatic carbocycles. The van der Waals surface area contributed by atoms with Crippen molar-refractivity contribution < 1.29 is 9.72 Å². The Morgan fingerprint density at radius 3 is 2.81 bits per heavy atom. The van der Waals surface area contributed by atoms with Crippen LogP contribution in [0.4, 0.5) is 11.4 Å². The molecule has 0 spiro atoms. The van der Waals surface area contributed by atoms with Gasteiger partial charge in [0.1, 0.15) is 5.69 Å². The van der Waals surface area contributed by atoms with Crippen molar-refractivity contribution in [3.63, 3.8) is 0 Å². The van der Waals surface area contributed by atoms with Gasteiger partial charge in [-0.15, -0.1) is 0 Å². The molecule has 0 bridgehead atoms. The third-order valence-corrected chi connectivity index (χ3v) is 2.77. The summed E-state index contributed by atoms with van der Waals surface area (Å²) in [6, 6.07) is 7.74. The van der Waals surface area contributed by atoms with Crippen molar-refractivity contribution in [1.82, 2.24) is 15.5 Å². The molecule has 0 aliphatic carbocycles. The molecule has 0 saturated carbocycles. The van der Waals surface area contributed by atoms with Crippen molar-refractivity contribution in [1.29, 1.82) is 0 Å². The molecule has 108 valence electrons. The van der Waals surface area contributed by atoms with Gasteiger partial charge in [0, 0.05) is 24.9 Å². The molecular formula is C13H13N5O3. The highest BCUT2D eigenvalue weighted by molar-refractivity contribution is 5.95. The number of nitro groups is 1. The van der Waals surface area contributed by atoms with E-state index in [9.17, 15) is 14.9 Å². The monoisotopic (exact) mass is 287 g/mol. The van der Waals surface area contributed by atoms with E-state index in [1.165, 1.54) is 25.2 Å². The van der Waals surface area contributed by atoms with Crippen LogP contribution in [-0.2, 0) is 6.54 Å². The minimum atomic E-state index is -0.536. The first kappa shape index (κ1) is 14.4. The summed E-state index contributed by atoms with van der Waals surface area (Å²) in [6.45, 7) is 0.300. The number of benzene rings is 1. The van der Waals surface area contributed by atoms with Crippen molar-refractivity contribution in [3.05, 3.63) is 57.9 Å². The third kappa shape index (κ3) is 3.50. The number of nitro benzene ring substituents is 1. The minimum absolute atomic E-state index is 0.167. The summed E-state index contributed by atoms with van der Waals surface area (Å²) in [5, 5.41) is 24.1. The van der Waals surface area contributed by atoms with Crippen LogP contribution in [-0.4, -0.2) is 28.1 Å². The van der Waals surface area contributed by atoms with Crippen LogP contribution < -0.4 is 10.6 Å². The van der Waals surface area contributed by atoms with E-state index in [4.69, 9.17) is 0 Å². The van der Waals surface area contributed by atoms with Crippen molar-refractivity contribution >= 4 is 17.3 Å². The molecule has 2 aromatic rings. The van der Waals surface area contributed by atoms with Gasteiger partial charge in [0.2, 0.25) is 0 Å². The molecule has 0 unspecified atom stereocenters. The second kappa shape index (κ2) is 6.42. The first-order valence-corrected chi connectivity index (χ1v) is 6.13. The van der Waals surface area contributed by atoms with E-state index in [2.05, 4.69) is 20.8 Å². The Bertz CT molecular complexity index is 660. The summed E-state index contributed by atoms with van der Waals surface area (Å²) < 4.78 is 0. The van der Waals surface area contributed by atoms with E-state index < -0.39 is 4.92 Å². The maximum atomic E-state index is 11.5. The van der Waals surface area contributed by atoms with E-state index in [0.29, 0.717) is 17.9 Å². The predicted molar refractivity (Wildman–Crippen MR) is 75.8 cm³/mol. The topological polar surface area (TPSA) is 110 Å². The van der Waals surface area contributed by atoms with Gasteiger partial charge in [-0.2, -0.15) is 10.2 Å². The van der Waals surface area contributed by atoms with E-state index >= 15 is 0 Å². The Balaban J connectivity index is 2.22. The Kier molecular flexibility index (Phi) is 4.39. The molecule has 0 atom stereocenters. The molecule has 8 nitrogen and oxygen atoms in total. The van der Waals surface area contributed by atoms with E-state index in [-0.39, 0.29) is 17.2 Å². The summed E-state index contributed by atoms with van der Waals surface area (Å²) in [5.74, 6) is -0.376. The SMILES string of the molecule is CNC(=O)c1ccc(NCc2cccnn2)c([N+](=O)[O-])c1. The average molecular weight is 287 g/mol. The number of aromatic nitrogens is 2. The van der Waals surface area contributed by atoms with Gasteiger partial charge in [-0.05, 0) is 24.3 Å². The number of anilines is 1. The molecule has 8 heteroatoms. The fourth-order valence-corrected chi connectivity index (χ4v) is 1.73. The summed E-state index contributed by atoms with van der Waals surface area (Å²) in [7, 11) is 1.47. The zero-order chi connectivity index (χ0) is 15.2.